The smallest absolute Gasteiger partial charge is 0.273 e. The zero-order chi connectivity index (χ0) is 17.8. The van der Waals surface area contributed by atoms with Crippen molar-refractivity contribution in [3.63, 3.8) is 0 Å². The van der Waals surface area contributed by atoms with Gasteiger partial charge in [-0.1, -0.05) is 41.1 Å². The van der Waals surface area contributed by atoms with Crippen LogP contribution in [0.5, 0.6) is 0 Å². The van der Waals surface area contributed by atoms with E-state index < -0.39 is 0 Å². The molecule has 5 nitrogen and oxygen atoms in total. The zero-order valence-corrected chi connectivity index (χ0v) is 14.3. The normalized spacial score (nSPS) is 10.7. The molecule has 1 heterocycles. The lowest BCUT2D eigenvalue weighted by Crippen LogP contribution is -2.23. The Hall–Kier alpha value is -2.73. The van der Waals surface area contributed by atoms with Crippen molar-refractivity contribution in [2.24, 2.45) is 0 Å². The standard InChI is InChI=1S/C18H16ClFN4O/c1-12-6-7-15(20)8-14(12)9-21-18(25)17-11-24(23-22-17)10-13-4-2-3-5-16(13)19/h2-8,11H,9-10H2,1H3,(H,21,25). The molecular weight excluding hydrogens is 343 g/mol. The van der Waals surface area contributed by atoms with E-state index >= 15 is 0 Å². The minimum atomic E-state index is -0.367. The number of halogens is 2. The van der Waals surface area contributed by atoms with Crippen molar-refractivity contribution in [3.05, 3.63) is 81.9 Å². The monoisotopic (exact) mass is 358 g/mol. The number of aryl methyl sites for hydroxylation is 1. The molecule has 3 rings (SSSR count). The van der Waals surface area contributed by atoms with Gasteiger partial charge in [-0.25, -0.2) is 9.07 Å². The van der Waals surface area contributed by atoms with E-state index in [2.05, 4.69) is 15.6 Å². The number of nitrogens with one attached hydrogen (secondary N) is 1. The first-order chi connectivity index (χ1) is 12.0. The first-order valence-corrected chi connectivity index (χ1v) is 8.07. The van der Waals surface area contributed by atoms with E-state index in [9.17, 15) is 9.18 Å². The molecule has 3 aromatic rings. The summed E-state index contributed by atoms with van der Waals surface area (Å²) in [5.41, 5.74) is 2.71. The van der Waals surface area contributed by atoms with E-state index in [4.69, 9.17) is 11.6 Å². The van der Waals surface area contributed by atoms with Gasteiger partial charge in [0.1, 0.15) is 5.82 Å². The summed E-state index contributed by atoms with van der Waals surface area (Å²) in [5.74, 6) is -0.699. The predicted molar refractivity (Wildman–Crippen MR) is 92.9 cm³/mol. The lowest BCUT2D eigenvalue weighted by atomic mass is 10.1. The highest BCUT2D eigenvalue weighted by molar-refractivity contribution is 6.31. The van der Waals surface area contributed by atoms with Gasteiger partial charge in [0.2, 0.25) is 0 Å². The molecule has 0 bridgehead atoms. The second-order valence-corrected chi connectivity index (χ2v) is 6.05. The summed E-state index contributed by atoms with van der Waals surface area (Å²) in [4.78, 5) is 12.2. The van der Waals surface area contributed by atoms with Gasteiger partial charge in [-0.05, 0) is 41.8 Å². The van der Waals surface area contributed by atoms with E-state index in [1.54, 1.807) is 23.0 Å². The fourth-order valence-electron chi connectivity index (χ4n) is 2.38. The van der Waals surface area contributed by atoms with Gasteiger partial charge in [-0.15, -0.1) is 5.10 Å². The molecule has 0 aliphatic rings. The van der Waals surface area contributed by atoms with Crippen LogP contribution in [0.2, 0.25) is 5.02 Å². The fraction of sp³-hybridized carbons (Fsp3) is 0.167. The van der Waals surface area contributed by atoms with Crippen LogP contribution in [0, 0.1) is 12.7 Å². The number of aromatic nitrogens is 3. The number of carbonyl (C=O) groups is 1. The summed E-state index contributed by atoms with van der Waals surface area (Å²) in [5, 5.41) is 11.2. The number of amides is 1. The van der Waals surface area contributed by atoms with Gasteiger partial charge < -0.3 is 5.32 Å². The van der Waals surface area contributed by atoms with Crippen LogP contribution >= 0.6 is 11.6 Å². The van der Waals surface area contributed by atoms with Crippen LogP contribution < -0.4 is 5.32 Å². The van der Waals surface area contributed by atoms with Gasteiger partial charge in [-0.3, -0.25) is 4.79 Å². The van der Waals surface area contributed by atoms with Crippen molar-refractivity contribution in [3.8, 4) is 0 Å². The molecule has 1 N–H and O–H groups in total. The van der Waals surface area contributed by atoms with Crippen molar-refractivity contribution in [1.82, 2.24) is 20.3 Å². The lowest BCUT2D eigenvalue weighted by Gasteiger charge is -2.06. The molecule has 7 heteroatoms. The number of benzene rings is 2. The number of rotatable bonds is 5. The van der Waals surface area contributed by atoms with Gasteiger partial charge in [0.05, 0.1) is 12.7 Å². The van der Waals surface area contributed by atoms with Crippen molar-refractivity contribution >= 4 is 17.5 Å². The molecule has 0 atom stereocenters. The average molecular weight is 359 g/mol. The SMILES string of the molecule is Cc1ccc(F)cc1CNC(=O)c1cn(Cc2ccccc2Cl)nn1. The highest BCUT2D eigenvalue weighted by atomic mass is 35.5. The van der Waals surface area contributed by atoms with Crippen LogP contribution in [0.3, 0.4) is 0 Å². The second-order valence-electron chi connectivity index (χ2n) is 5.65. The molecule has 25 heavy (non-hydrogen) atoms. The third kappa shape index (κ3) is 4.22. The summed E-state index contributed by atoms with van der Waals surface area (Å²) in [7, 11) is 0. The van der Waals surface area contributed by atoms with Crippen molar-refractivity contribution < 1.29 is 9.18 Å². The molecule has 0 saturated heterocycles. The second kappa shape index (κ2) is 7.44. The van der Waals surface area contributed by atoms with Gasteiger partial charge in [0.15, 0.2) is 5.69 Å². The van der Waals surface area contributed by atoms with Gasteiger partial charge in [0, 0.05) is 11.6 Å². The summed E-state index contributed by atoms with van der Waals surface area (Å²) < 4.78 is 14.8. The zero-order valence-electron chi connectivity index (χ0n) is 13.5. The molecule has 0 spiro atoms. The Morgan fingerprint density at radius 2 is 2.04 bits per heavy atom. The molecule has 2 aromatic carbocycles. The maximum Gasteiger partial charge on any atom is 0.273 e. The molecule has 0 unspecified atom stereocenters. The molecule has 0 fully saturated rings. The van der Waals surface area contributed by atoms with Crippen molar-refractivity contribution in [2.45, 2.75) is 20.0 Å². The van der Waals surface area contributed by atoms with Gasteiger partial charge in [-0.2, -0.15) is 0 Å². The van der Waals surface area contributed by atoms with E-state index in [0.717, 1.165) is 16.7 Å². The highest BCUT2D eigenvalue weighted by Crippen LogP contribution is 2.16. The van der Waals surface area contributed by atoms with E-state index in [-0.39, 0.29) is 24.0 Å². The summed E-state index contributed by atoms with van der Waals surface area (Å²) in [6.45, 7) is 2.50. The van der Waals surface area contributed by atoms with E-state index in [1.807, 2.05) is 25.1 Å². The minimum absolute atomic E-state index is 0.195. The lowest BCUT2D eigenvalue weighted by molar-refractivity contribution is 0.0945. The summed E-state index contributed by atoms with van der Waals surface area (Å²) >= 11 is 6.12. The molecule has 0 aliphatic heterocycles. The number of nitrogens with zero attached hydrogens (tertiary/aromatic N) is 3. The quantitative estimate of drug-likeness (QED) is 0.760. The van der Waals surface area contributed by atoms with Crippen LogP contribution in [-0.2, 0) is 13.1 Å². The maximum atomic E-state index is 13.3. The fourth-order valence-corrected chi connectivity index (χ4v) is 2.57. The van der Waals surface area contributed by atoms with Crippen LogP contribution in [0.1, 0.15) is 27.2 Å². The van der Waals surface area contributed by atoms with Crippen LogP contribution in [0.4, 0.5) is 4.39 Å². The summed E-state index contributed by atoms with van der Waals surface area (Å²) in [6, 6.07) is 11.9. The number of hydrogen-bond donors (Lipinski definition) is 1. The largest absolute Gasteiger partial charge is 0.347 e. The molecule has 1 aromatic heterocycles. The van der Waals surface area contributed by atoms with Crippen LogP contribution in [0.15, 0.2) is 48.7 Å². The third-order valence-corrected chi connectivity index (χ3v) is 4.18. The molecular formula is C18H16ClFN4O. The summed E-state index contributed by atoms with van der Waals surface area (Å²) in [6.07, 6.45) is 1.55. The van der Waals surface area contributed by atoms with Crippen LogP contribution in [0.25, 0.3) is 0 Å². The Kier molecular flexibility index (Phi) is 5.09. The van der Waals surface area contributed by atoms with Gasteiger partial charge in [0.25, 0.3) is 5.91 Å². The Morgan fingerprint density at radius 3 is 2.84 bits per heavy atom. The molecule has 1 amide bonds. The molecule has 0 aliphatic carbocycles. The Bertz CT molecular complexity index is 910. The average Bonchev–Trinajstić information content (AvgIpc) is 3.06. The van der Waals surface area contributed by atoms with Crippen molar-refractivity contribution in [2.75, 3.05) is 0 Å². The Morgan fingerprint density at radius 1 is 1.24 bits per heavy atom. The first-order valence-electron chi connectivity index (χ1n) is 7.69. The minimum Gasteiger partial charge on any atom is -0.347 e. The molecule has 128 valence electrons. The maximum absolute atomic E-state index is 13.3. The first kappa shape index (κ1) is 17.1. The predicted octanol–water partition coefficient (Wildman–Crippen LogP) is 3.36. The number of carbonyl (C=O) groups excluding carboxylic acids is 1. The van der Waals surface area contributed by atoms with E-state index in [1.165, 1.54) is 12.1 Å². The Balaban J connectivity index is 1.64. The van der Waals surface area contributed by atoms with Crippen molar-refractivity contribution in [1.29, 1.82) is 0 Å². The third-order valence-electron chi connectivity index (χ3n) is 3.81. The molecule has 0 radical (unpaired) electrons. The highest BCUT2D eigenvalue weighted by Gasteiger charge is 2.12. The number of hydrogen-bond acceptors (Lipinski definition) is 3. The topological polar surface area (TPSA) is 59.8 Å². The van der Waals surface area contributed by atoms with E-state index in [0.29, 0.717) is 11.6 Å². The van der Waals surface area contributed by atoms with Gasteiger partial charge >= 0.3 is 0 Å². The molecule has 0 saturated carbocycles. The Labute approximate surface area is 149 Å². The van der Waals surface area contributed by atoms with Crippen LogP contribution in [-0.4, -0.2) is 20.9 Å².